The van der Waals surface area contributed by atoms with Gasteiger partial charge in [-0.05, 0) is 36.8 Å². The van der Waals surface area contributed by atoms with Crippen LogP contribution in [0.3, 0.4) is 0 Å². The summed E-state index contributed by atoms with van der Waals surface area (Å²) in [7, 11) is 0. The smallest absolute Gasteiger partial charge is 0.410 e. The topological polar surface area (TPSA) is 92.3 Å². The Morgan fingerprint density at radius 1 is 1.37 bits per heavy atom. The first-order valence-corrected chi connectivity index (χ1v) is 9.27. The molecular weight excluding hydrogens is 401 g/mol. The summed E-state index contributed by atoms with van der Waals surface area (Å²) in [5.41, 5.74) is 0.977. The molecule has 158 valence electrons. The summed E-state index contributed by atoms with van der Waals surface area (Å²) in [6.45, 7) is 1.59. The molecule has 10 heteroatoms. The number of nitrogens with one attached hydrogen (secondary N) is 2. The van der Waals surface area contributed by atoms with Crippen molar-refractivity contribution in [3.8, 4) is 0 Å². The number of nitrogens with zero attached hydrogens (tertiary/aromatic N) is 2. The molecule has 3 atom stereocenters. The van der Waals surface area contributed by atoms with Gasteiger partial charge in [0.1, 0.15) is 17.1 Å². The molecule has 0 fully saturated rings. The minimum Gasteiger partial charge on any atom is -0.467 e. The van der Waals surface area contributed by atoms with Crippen LogP contribution in [0.4, 0.5) is 24.7 Å². The highest BCUT2D eigenvalue weighted by Gasteiger charge is 2.47. The number of benzene rings is 1. The molecule has 1 amide bonds. The molecule has 3 heterocycles. The van der Waals surface area contributed by atoms with Gasteiger partial charge in [-0.25, -0.2) is 4.68 Å². The minimum absolute atomic E-state index is 0.0250. The van der Waals surface area contributed by atoms with Gasteiger partial charge in [0.05, 0.1) is 24.6 Å². The number of fused-ring (bicyclic) bond motifs is 1. The molecule has 1 aliphatic heterocycles. The molecule has 0 radical (unpaired) electrons. The predicted molar refractivity (Wildman–Crippen MR) is 102 cm³/mol. The van der Waals surface area contributed by atoms with Crippen molar-refractivity contribution in [2.75, 3.05) is 10.6 Å². The lowest BCUT2D eigenvalue weighted by molar-refractivity contribution is -0.174. The average Bonchev–Trinajstić information content (AvgIpc) is 3.36. The number of aliphatic hydroxyl groups is 1. The lowest BCUT2D eigenvalue weighted by atomic mass is 10.0. The van der Waals surface area contributed by atoms with Gasteiger partial charge in [-0.1, -0.05) is 12.1 Å². The third-order valence-corrected chi connectivity index (χ3v) is 5.00. The minimum atomic E-state index is -4.55. The van der Waals surface area contributed by atoms with Gasteiger partial charge >= 0.3 is 6.18 Å². The molecule has 7 nitrogen and oxygen atoms in total. The van der Waals surface area contributed by atoms with Crippen LogP contribution in [0.5, 0.6) is 0 Å². The van der Waals surface area contributed by atoms with Crippen molar-refractivity contribution in [3.05, 3.63) is 65.7 Å². The van der Waals surface area contributed by atoms with E-state index in [0.717, 1.165) is 10.9 Å². The van der Waals surface area contributed by atoms with Gasteiger partial charge in [-0.3, -0.25) is 4.79 Å². The third-order valence-electron chi connectivity index (χ3n) is 5.00. The standard InChI is InChI=1S/C20H19F3N4O3/c1-11(28)12-4-2-5-13(8-12)25-19(29)14-10-24-27-17(20(21,22)23)9-15(26-18(14)27)16-6-3-7-30-16/h2-8,10-11,15,17,26,28H,9H2,1H3,(H,25,29)/t11-,15+,17-/m0/s1. The zero-order valence-electron chi connectivity index (χ0n) is 15.8. The highest BCUT2D eigenvalue weighted by molar-refractivity contribution is 6.07. The summed E-state index contributed by atoms with van der Waals surface area (Å²) >= 11 is 0. The molecule has 4 rings (SSSR count). The molecule has 0 saturated carbocycles. The number of halogens is 3. The number of hydrogen-bond donors (Lipinski definition) is 3. The maximum absolute atomic E-state index is 13.7. The van der Waals surface area contributed by atoms with Crippen molar-refractivity contribution in [1.82, 2.24) is 9.78 Å². The number of aromatic nitrogens is 2. The normalized spacial score (nSPS) is 19.6. The van der Waals surface area contributed by atoms with E-state index in [1.807, 2.05) is 0 Å². The SMILES string of the molecule is C[C@H](O)c1cccc(NC(=O)c2cnn3c2N[C@@H](c2ccco2)C[C@H]3C(F)(F)F)c1. The van der Waals surface area contributed by atoms with Crippen LogP contribution in [0, 0.1) is 0 Å². The van der Waals surface area contributed by atoms with Crippen LogP contribution in [0.1, 0.15) is 53.2 Å². The largest absolute Gasteiger partial charge is 0.467 e. The summed E-state index contributed by atoms with van der Waals surface area (Å²) in [5.74, 6) is -0.311. The molecule has 3 aromatic rings. The lowest BCUT2D eigenvalue weighted by Gasteiger charge is -2.32. The van der Waals surface area contributed by atoms with Gasteiger partial charge in [-0.15, -0.1) is 0 Å². The Bertz CT molecular complexity index is 1040. The monoisotopic (exact) mass is 420 g/mol. The van der Waals surface area contributed by atoms with Gasteiger partial charge in [-0.2, -0.15) is 18.3 Å². The fraction of sp³-hybridized carbons (Fsp3) is 0.300. The van der Waals surface area contributed by atoms with Crippen LogP contribution in [0.25, 0.3) is 0 Å². The first-order valence-electron chi connectivity index (χ1n) is 9.27. The molecule has 0 aliphatic carbocycles. The van der Waals surface area contributed by atoms with Crippen molar-refractivity contribution < 1.29 is 27.5 Å². The first kappa shape index (κ1) is 20.0. The van der Waals surface area contributed by atoms with Crippen LogP contribution in [-0.2, 0) is 0 Å². The quantitative estimate of drug-likeness (QED) is 0.580. The summed E-state index contributed by atoms with van der Waals surface area (Å²) in [5, 5.41) is 19.1. The summed E-state index contributed by atoms with van der Waals surface area (Å²) in [4.78, 5) is 12.8. The van der Waals surface area contributed by atoms with Gasteiger partial charge in [0.2, 0.25) is 0 Å². The molecule has 1 aliphatic rings. The van der Waals surface area contributed by atoms with E-state index < -0.39 is 30.3 Å². The molecule has 0 spiro atoms. The van der Waals surface area contributed by atoms with Crippen LogP contribution >= 0.6 is 0 Å². The Balaban J connectivity index is 1.66. The number of alkyl halides is 3. The fourth-order valence-electron chi connectivity index (χ4n) is 3.48. The Hall–Kier alpha value is -3.27. The van der Waals surface area contributed by atoms with Crippen molar-refractivity contribution in [2.45, 2.75) is 37.7 Å². The van der Waals surface area contributed by atoms with Crippen LogP contribution in [0.2, 0.25) is 0 Å². The van der Waals surface area contributed by atoms with E-state index in [4.69, 9.17) is 4.42 Å². The van der Waals surface area contributed by atoms with Gasteiger partial charge in [0.15, 0.2) is 6.04 Å². The second-order valence-electron chi connectivity index (χ2n) is 7.11. The Morgan fingerprint density at radius 2 is 2.17 bits per heavy atom. The number of hydrogen-bond acceptors (Lipinski definition) is 5. The molecule has 30 heavy (non-hydrogen) atoms. The zero-order valence-corrected chi connectivity index (χ0v) is 15.8. The third kappa shape index (κ3) is 3.78. The Morgan fingerprint density at radius 3 is 2.83 bits per heavy atom. The second kappa shape index (κ2) is 7.52. The number of aliphatic hydroxyl groups excluding tert-OH is 1. The molecule has 0 unspecified atom stereocenters. The number of rotatable bonds is 4. The van der Waals surface area contributed by atoms with E-state index in [1.165, 1.54) is 6.26 Å². The average molecular weight is 420 g/mol. The van der Waals surface area contributed by atoms with Gasteiger partial charge in [0, 0.05) is 12.1 Å². The molecule has 3 N–H and O–H groups in total. The Labute approximate surface area is 169 Å². The van der Waals surface area contributed by atoms with Crippen molar-refractivity contribution in [2.24, 2.45) is 0 Å². The molecule has 0 saturated heterocycles. The number of anilines is 2. The Kier molecular flexibility index (Phi) is 5.02. The summed E-state index contributed by atoms with van der Waals surface area (Å²) in [6.07, 6.45) is -3.10. The van der Waals surface area contributed by atoms with Crippen molar-refractivity contribution in [3.63, 3.8) is 0 Å². The maximum atomic E-state index is 13.7. The molecule has 0 bridgehead atoms. The van der Waals surface area contributed by atoms with E-state index in [9.17, 15) is 23.1 Å². The zero-order chi connectivity index (χ0) is 21.5. The van der Waals surface area contributed by atoms with E-state index >= 15 is 0 Å². The number of carbonyl (C=O) groups excluding carboxylic acids is 1. The number of amides is 1. The second-order valence-corrected chi connectivity index (χ2v) is 7.11. The van der Waals surface area contributed by atoms with E-state index in [1.54, 1.807) is 43.3 Å². The molecular formula is C20H19F3N4O3. The van der Waals surface area contributed by atoms with Crippen molar-refractivity contribution >= 4 is 17.4 Å². The van der Waals surface area contributed by atoms with Gasteiger partial charge in [0.25, 0.3) is 5.91 Å². The lowest BCUT2D eigenvalue weighted by Crippen LogP contribution is -2.36. The maximum Gasteiger partial charge on any atom is 0.410 e. The van der Waals surface area contributed by atoms with E-state index in [2.05, 4.69) is 15.7 Å². The molecule has 2 aromatic heterocycles. The molecule has 1 aromatic carbocycles. The van der Waals surface area contributed by atoms with Gasteiger partial charge < -0.3 is 20.2 Å². The van der Waals surface area contributed by atoms with Crippen LogP contribution in [0.15, 0.2) is 53.3 Å². The van der Waals surface area contributed by atoms with E-state index in [0.29, 0.717) is 17.0 Å². The summed E-state index contributed by atoms with van der Waals surface area (Å²) < 4.78 is 47.1. The fourth-order valence-corrected chi connectivity index (χ4v) is 3.48. The van der Waals surface area contributed by atoms with Crippen LogP contribution < -0.4 is 10.6 Å². The number of furan rings is 1. The van der Waals surface area contributed by atoms with Crippen molar-refractivity contribution in [1.29, 1.82) is 0 Å². The predicted octanol–water partition coefficient (Wildman–Crippen LogP) is 4.44. The summed E-state index contributed by atoms with van der Waals surface area (Å²) in [6, 6.07) is 7.09. The van der Waals surface area contributed by atoms with E-state index in [-0.39, 0.29) is 17.8 Å². The van der Waals surface area contributed by atoms with Crippen LogP contribution in [-0.4, -0.2) is 27.0 Å². The highest BCUT2D eigenvalue weighted by Crippen LogP contribution is 2.44. The number of carbonyl (C=O) groups is 1. The highest BCUT2D eigenvalue weighted by atomic mass is 19.4. The first-order chi connectivity index (χ1) is 14.2.